The van der Waals surface area contributed by atoms with E-state index in [4.69, 9.17) is 11.6 Å². The molecule has 0 bridgehead atoms. The Kier molecular flexibility index (Phi) is 6.25. The molecule has 2 aliphatic rings. The van der Waals surface area contributed by atoms with Crippen LogP contribution in [0, 0.1) is 29.4 Å². The molecular weight excluding hydrogens is 374 g/mol. The molecule has 3 heteroatoms. The Bertz CT molecular complexity index is 831. The molecule has 0 spiro atoms. The maximum Gasteiger partial charge on any atom is 0.142 e. The van der Waals surface area contributed by atoms with Crippen molar-refractivity contribution >= 4 is 22.4 Å². The van der Waals surface area contributed by atoms with Crippen molar-refractivity contribution in [2.45, 2.75) is 77.0 Å². The number of hydrogen-bond donors (Lipinski definition) is 0. The molecular formula is C25H31ClF2. The van der Waals surface area contributed by atoms with Crippen LogP contribution in [0.15, 0.2) is 24.3 Å². The van der Waals surface area contributed by atoms with E-state index in [-0.39, 0.29) is 10.8 Å². The predicted octanol–water partition coefficient (Wildman–Crippen LogP) is 8.65. The summed E-state index contributed by atoms with van der Waals surface area (Å²) in [6.45, 7) is 2.27. The zero-order valence-corrected chi connectivity index (χ0v) is 17.6. The third-order valence-electron chi connectivity index (χ3n) is 7.37. The fourth-order valence-electron chi connectivity index (χ4n) is 5.80. The minimum Gasteiger partial charge on any atom is -0.206 e. The van der Waals surface area contributed by atoms with Crippen molar-refractivity contribution in [2.24, 2.45) is 17.8 Å². The fourth-order valence-corrected chi connectivity index (χ4v) is 5.97. The summed E-state index contributed by atoms with van der Waals surface area (Å²) >= 11 is 5.83. The molecule has 0 aliphatic heterocycles. The van der Waals surface area contributed by atoms with E-state index in [9.17, 15) is 8.78 Å². The predicted molar refractivity (Wildman–Crippen MR) is 114 cm³/mol. The second-order valence-corrected chi connectivity index (χ2v) is 9.60. The molecule has 0 nitrogen and oxygen atoms in total. The summed E-state index contributed by atoms with van der Waals surface area (Å²) < 4.78 is 28.5. The maximum atomic E-state index is 14.7. The Morgan fingerprint density at radius 3 is 2.50 bits per heavy atom. The van der Waals surface area contributed by atoms with Gasteiger partial charge in [-0.2, -0.15) is 0 Å². The first kappa shape index (κ1) is 20.1. The van der Waals surface area contributed by atoms with Crippen LogP contribution in [0.4, 0.5) is 8.78 Å². The summed E-state index contributed by atoms with van der Waals surface area (Å²) in [6, 6.07) is 6.43. The minimum atomic E-state index is -0.476. The molecule has 0 aromatic heterocycles. The van der Waals surface area contributed by atoms with Crippen LogP contribution in [-0.2, 0) is 0 Å². The van der Waals surface area contributed by atoms with Gasteiger partial charge in [-0.25, -0.2) is 8.78 Å². The van der Waals surface area contributed by atoms with Crippen LogP contribution >= 0.6 is 11.6 Å². The number of halogens is 3. The highest BCUT2D eigenvalue weighted by molar-refractivity contribution is 6.31. The molecule has 0 heterocycles. The molecule has 152 valence electrons. The van der Waals surface area contributed by atoms with E-state index in [2.05, 4.69) is 6.92 Å². The van der Waals surface area contributed by atoms with Crippen molar-refractivity contribution < 1.29 is 8.78 Å². The molecule has 28 heavy (non-hydrogen) atoms. The highest BCUT2D eigenvalue weighted by atomic mass is 35.5. The number of benzene rings is 2. The number of fused-ring (bicyclic) bond motifs is 2. The fraction of sp³-hybridized carbons (Fsp3) is 0.600. The highest BCUT2D eigenvalue weighted by Crippen LogP contribution is 2.48. The summed E-state index contributed by atoms with van der Waals surface area (Å²) in [6.07, 6.45) is 13.1. The third kappa shape index (κ3) is 4.22. The lowest BCUT2D eigenvalue weighted by atomic mass is 9.63. The summed E-state index contributed by atoms with van der Waals surface area (Å²) in [5.41, 5.74) is 1.04. The van der Waals surface area contributed by atoms with Crippen molar-refractivity contribution in [1.82, 2.24) is 0 Å². The Morgan fingerprint density at radius 1 is 0.893 bits per heavy atom. The minimum absolute atomic E-state index is 0.0182. The van der Waals surface area contributed by atoms with Crippen molar-refractivity contribution in [3.8, 4) is 0 Å². The standard InChI is InChI=1S/C25H31ClF2/c1-2-3-4-5-16-6-7-18-11-19(9-8-17(18)10-16)20-12-21-14-25(28)23(26)15-22(21)24(27)13-20/h12-19H,2-11H2,1H3. The first-order valence-electron chi connectivity index (χ1n) is 11.1. The molecule has 2 fully saturated rings. The summed E-state index contributed by atoms with van der Waals surface area (Å²) in [5, 5.41) is 1.02. The van der Waals surface area contributed by atoms with Gasteiger partial charge in [-0.1, -0.05) is 56.7 Å². The topological polar surface area (TPSA) is 0 Å². The summed E-state index contributed by atoms with van der Waals surface area (Å²) in [5.74, 6) is 2.21. The second-order valence-electron chi connectivity index (χ2n) is 9.20. The molecule has 2 aromatic rings. The summed E-state index contributed by atoms with van der Waals surface area (Å²) in [7, 11) is 0. The molecule has 4 unspecified atom stereocenters. The lowest BCUT2D eigenvalue weighted by Gasteiger charge is -2.42. The third-order valence-corrected chi connectivity index (χ3v) is 7.66. The van der Waals surface area contributed by atoms with E-state index < -0.39 is 5.82 Å². The van der Waals surface area contributed by atoms with Crippen molar-refractivity contribution in [2.75, 3.05) is 0 Å². The van der Waals surface area contributed by atoms with Gasteiger partial charge < -0.3 is 0 Å². The molecule has 2 aromatic carbocycles. The molecule has 0 saturated heterocycles. The SMILES string of the molecule is CCCCCC1CCC2CC(c3cc(F)c4cc(Cl)c(F)cc4c3)CCC2C1. The number of hydrogen-bond acceptors (Lipinski definition) is 0. The van der Waals surface area contributed by atoms with Gasteiger partial charge in [-0.05, 0) is 84.9 Å². The smallest absolute Gasteiger partial charge is 0.142 e. The number of rotatable bonds is 5. The van der Waals surface area contributed by atoms with Gasteiger partial charge in [-0.15, -0.1) is 0 Å². The normalized spacial score (nSPS) is 27.7. The first-order chi connectivity index (χ1) is 13.5. The molecule has 0 radical (unpaired) electrons. The quantitative estimate of drug-likeness (QED) is 0.437. The van der Waals surface area contributed by atoms with E-state index in [1.54, 1.807) is 6.07 Å². The average molecular weight is 405 g/mol. The molecule has 0 amide bonds. The first-order valence-corrected chi connectivity index (χ1v) is 11.5. The Hall–Kier alpha value is -1.15. The molecule has 4 rings (SSSR count). The van der Waals surface area contributed by atoms with Crippen molar-refractivity contribution in [3.63, 3.8) is 0 Å². The van der Waals surface area contributed by atoms with Crippen LogP contribution in [0.3, 0.4) is 0 Å². The van der Waals surface area contributed by atoms with Gasteiger partial charge in [-0.3, -0.25) is 0 Å². The van der Waals surface area contributed by atoms with E-state index >= 15 is 0 Å². The lowest BCUT2D eigenvalue weighted by molar-refractivity contribution is 0.113. The van der Waals surface area contributed by atoms with Gasteiger partial charge in [0.1, 0.15) is 11.6 Å². The number of unbranched alkanes of at least 4 members (excludes halogenated alkanes) is 2. The molecule has 2 aliphatic carbocycles. The van der Waals surface area contributed by atoms with E-state index in [0.717, 1.165) is 36.2 Å². The van der Waals surface area contributed by atoms with E-state index in [1.807, 2.05) is 6.07 Å². The molecule has 0 N–H and O–H groups in total. The van der Waals surface area contributed by atoms with Crippen LogP contribution in [0.5, 0.6) is 0 Å². The van der Waals surface area contributed by atoms with Gasteiger partial charge in [0.25, 0.3) is 0 Å². The van der Waals surface area contributed by atoms with Crippen LogP contribution in [0.2, 0.25) is 5.02 Å². The van der Waals surface area contributed by atoms with Gasteiger partial charge >= 0.3 is 0 Å². The largest absolute Gasteiger partial charge is 0.206 e. The van der Waals surface area contributed by atoms with Crippen molar-refractivity contribution in [1.29, 1.82) is 0 Å². The van der Waals surface area contributed by atoms with Gasteiger partial charge in [0.2, 0.25) is 0 Å². The average Bonchev–Trinajstić information content (AvgIpc) is 2.69. The van der Waals surface area contributed by atoms with Crippen LogP contribution in [0.1, 0.15) is 82.6 Å². The summed E-state index contributed by atoms with van der Waals surface area (Å²) in [4.78, 5) is 0. The van der Waals surface area contributed by atoms with E-state index in [0.29, 0.717) is 16.7 Å². The Morgan fingerprint density at radius 2 is 1.68 bits per heavy atom. The van der Waals surface area contributed by atoms with Gasteiger partial charge in [0, 0.05) is 5.39 Å². The van der Waals surface area contributed by atoms with Gasteiger partial charge in [0.15, 0.2) is 0 Å². The Balaban J connectivity index is 1.45. The second kappa shape index (κ2) is 8.69. The van der Waals surface area contributed by atoms with E-state index in [1.165, 1.54) is 63.5 Å². The van der Waals surface area contributed by atoms with Crippen LogP contribution < -0.4 is 0 Å². The monoisotopic (exact) mass is 404 g/mol. The zero-order chi connectivity index (χ0) is 19.7. The van der Waals surface area contributed by atoms with Gasteiger partial charge in [0.05, 0.1) is 5.02 Å². The van der Waals surface area contributed by atoms with Crippen LogP contribution in [0.25, 0.3) is 10.8 Å². The molecule has 4 atom stereocenters. The van der Waals surface area contributed by atoms with Crippen molar-refractivity contribution in [3.05, 3.63) is 46.5 Å². The lowest BCUT2D eigenvalue weighted by Crippen LogP contribution is -2.30. The van der Waals surface area contributed by atoms with Crippen LogP contribution in [-0.4, -0.2) is 0 Å². The maximum absolute atomic E-state index is 14.7. The molecule has 2 saturated carbocycles. The Labute approximate surface area is 172 Å². The zero-order valence-electron chi connectivity index (χ0n) is 16.8. The highest BCUT2D eigenvalue weighted by Gasteiger charge is 2.36.